The van der Waals surface area contributed by atoms with E-state index in [0.29, 0.717) is 0 Å². The van der Waals surface area contributed by atoms with E-state index in [0.717, 1.165) is 53.7 Å². The number of nitrogens with zero attached hydrogens (tertiary/aromatic N) is 3. The van der Waals surface area contributed by atoms with Crippen LogP contribution < -0.4 is 5.32 Å². The van der Waals surface area contributed by atoms with Gasteiger partial charge in [-0.15, -0.1) is 12.4 Å². The standard InChI is InChI=1S/C17H17ClN4O.ClH/c18-13-2-4-15-12(9-13)1-3-16(21-15)17-20-5-7-22(17)11-14-10-19-6-8-23-14;/h1-5,7,9,14,19H,6,8,10-11H2;1H. The van der Waals surface area contributed by atoms with Crippen LogP contribution in [0, 0.1) is 0 Å². The fourth-order valence-corrected chi connectivity index (χ4v) is 3.05. The zero-order valence-corrected chi connectivity index (χ0v) is 14.6. The van der Waals surface area contributed by atoms with Crippen molar-refractivity contribution < 1.29 is 4.74 Å². The summed E-state index contributed by atoms with van der Waals surface area (Å²) in [6.07, 6.45) is 3.94. The van der Waals surface area contributed by atoms with Crippen molar-refractivity contribution in [1.82, 2.24) is 19.9 Å². The minimum Gasteiger partial charge on any atom is -0.374 e. The van der Waals surface area contributed by atoms with Gasteiger partial charge in [0.15, 0.2) is 5.82 Å². The Morgan fingerprint density at radius 1 is 1.29 bits per heavy atom. The van der Waals surface area contributed by atoms with Gasteiger partial charge in [-0.3, -0.25) is 0 Å². The van der Waals surface area contributed by atoms with Gasteiger partial charge in [0.05, 0.1) is 24.8 Å². The minimum atomic E-state index is 0. The Labute approximate surface area is 151 Å². The predicted molar refractivity (Wildman–Crippen MR) is 97.8 cm³/mol. The van der Waals surface area contributed by atoms with Crippen LogP contribution in [0.1, 0.15) is 0 Å². The summed E-state index contributed by atoms with van der Waals surface area (Å²) >= 11 is 6.03. The van der Waals surface area contributed by atoms with Crippen molar-refractivity contribution in [2.24, 2.45) is 0 Å². The summed E-state index contributed by atoms with van der Waals surface area (Å²) in [4.78, 5) is 9.19. The fraction of sp³-hybridized carbons (Fsp3) is 0.294. The van der Waals surface area contributed by atoms with Gasteiger partial charge in [0.2, 0.25) is 0 Å². The van der Waals surface area contributed by atoms with Crippen LogP contribution in [0.15, 0.2) is 42.7 Å². The largest absolute Gasteiger partial charge is 0.374 e. The van der Waals surface area contributed by atoms with E-state index in [1.807, 2.05) is 36.5 Å². The highest BCUT2D eigenvalue weighted by atomic mass is 35.5. The van der Waals surface area contributed by atoms with Crippen molar-refractivity contribution in [3.05, 3.63) is 47.7 Å². The fourth-order valence-electron chi connectivity index (χ4n) is 2.87. The molecule has 1 fully saturated rings. The van der Waals surface area contributed by atoms with Crippen molar-refractivity contribution >= 4 is 34.9 Å². The lowest BCUT2D eigenvalue weighted by Crippen LogP contribution is -2.40. The predicted octanol–water partition coefficient (Wildman–Crippen LogP) is 3.16. The monoisotopic (exact) mass is 364 g/mol. The van der Waals surface area contributed by atoms with Gasteiger partial charge in [-0.1, -0.05) is 17.7 Å². The first-order chi connectivity index (χ1) is 11.3. The maximum Gasteiger partial charge on any atom is 0.158 e. The molecule has 4 rings (SSSR count). The molecular formula is C17H18Cl2N4O. The number of pyridine rings is 1. The molecule has 126 valence electrons. The number of nitrogens with one attached hydrogen (secondary N) is 1. The number of halogens is 2. The molecular weight excluding hydrogens is 347 g/mol. The van der Waals surface area contributed by atoms with Crippen LogP contribution in [0.5, 0.6) is 0 Å². The number of morpholine rings is 1. The molecule has 0 spiro atoms. The van der Waals surface area contributed by atoms with Crippen molar-refractivity contribution in [1.29, 1.82) is 0 Å². The summed E-state index contributed by atoms with van der Waals surface area (Å²) in [7, 11) is 0. The number of ether oxygens (including phenoxy) is 1. The van der Waals surface area contributed by atoms with Crippen molar-refractivity contribution in [3.63, 3.8) is 0 Å². The SMILES string of the molecule is Cl.Clc1ccc2nc(-c3nccn3CC3CNCCO3)ccc2c1. The summed E-state index contributed by atoms with van der Waals surface area (Å²) in [5.41, 5.74) is 1.77. The number of imidazole rings is 1. The van der Waals surface area contributed by atoms with Crippen LogP contribution in [-0.2, 0) is 11.3 Å². The summed E-state index contributed by atoms with van der Waals surface area (Å²) in [6.45, 7) is 3.30. The lowest BCUT2D eigenvalue weighted by molar-refractivity contribution is 0.0185. The molecule has 3 aromatic rings. The first-order valence-corrected chi connectivity index (χ1v) is 8.07. The van der Waals surface area contributed by atoms with Gasteiger partial charge in [0.25, 0.3) is 0 Å². The average Bonchev–Trinajstić information content (AvgIpc) is 3.03. The van der Waals surface area contributed by atoms with Crippen molar-refractivity contribution in [2.45, 2.75) is 12.6 Å². The van der Waals surface area contributed by atoms with Crippen LogP contribution >= 0.6 is 24.0 Å². The van der Waals surface area contributed by atoms with E-state index in [4.69, 9.17) is 21.3 Å². The van der Waals surface area contributed by atoms with Crippen LogP contribution in [0.3, 0.4) is 0 Å². The Morgan fingerprint density at radius 3 is 3.04 bits per heavy atom. The molecule has 0 radical (unpaired) electrons. The third-order valence-electron chi connectivity index (χ3n) is 4.00. The zero-order valence-electron chi connectivity index (χ0n) is 13.0. The van der Waals surface area contributed by atoms with Gasteiger partial charge < -0.3 is 14.6 Å². The lowest BCUT2D eigenvalue weighted by atomic mass is 10.2. The second-order valence-electron chi connectivity index (χ2n) is 5.63. The number of hydrogen-bond acceptors (Lipinski definition) is 4. The number of hydrogen-bond donors (Lipinski definition) is 1. The Hall–Kier alpha value is -1.66. The van der Waals surface area contributed by atoms with Gasteiger partial charge >= 0.3 is 0 Å². The number of aromatic nitrogens is 3. The van der Waals surface area contributed by atoms with E-state index in [2.05, 4.69) is 14.9 Å². The quantitative estimate of drug-likeness (QED) is 0.775. The number of fused-ring (bicyclic) bond motifs is 1. The molecule has 1 atom stereocenters. The average molecular weight is 365 g/mol. The molecule has 1 aliphatic heterocycles. The van der Waals surface area contributed by atoms with E-state index in [1.54, 1.807) is 6.20 Å². The smallest absolute Gasteiger partial charge is 0.158 e. The molecule has 1 unspecified atom stereocenters. The highest BCUT2D eigenvalue weighted by molar-refractivity contribution is 6.31. The van der Waals surface area contributed by atoms with E-state index < -0.39 is 0 Å². The molecule has 0 saturated carbocycles. The topological polar surface area (TPSA) is 52.0 Å². The molecule has 2 aromatic heterocycles. The Balaban J connectivity index is 0.00000169. The minimum absolute atomic E-state index is 0. The summed E-state index contributed by atoms with van der Waals surface area (Å²) in [5, 5.41) is 5.09. The Morgan fingerprint density at radius 2 is 2.21 bits per heavy atom. The molecule has 1 saturated heterocycles. The highest BCUT2D eigenvalue weighted by Gasteiger charge is 2.16. The lowest BCUT2D eigenvalue weighted by Gasteiger charge is -2.24. The third kappa shape index (κ3) is 3.54. The van der Waals surface area contributed by atoms with E-state index >= 15 is 0 Å². The molecule has 7 heteroatoms. The molecule has 1 aliphatic rings. The third-order valence-corrected chi connectivity index (χ3v) is 4.24. The van der Waals surface area contributed by atoms with E-state index in [1.165, 1.54) is 0 Å². The Kier molecular flexibility index (Phi) is 5.36. The maximum atomic E-state index is 6.03. The first-order valence-electron chi connectivity index (χ1n) is 7.70. The second-order valence-corrected chi connectivity index (χ2v) is 6.07. The van der Waals surface area contributed by atoms with Crippen LogP contribution in [-0.4, -0.2) is 40.3 Å². The summed E-state index contributed by atoms with van der Waals surface area (Å²) < 4.78 is 7.88. The molecule has 5 nitrogen and oxygen atoms in total. The Bertz CT molecular complexity index is 830. The molecule has 24 heavy (non-hydrogen) atoms. The summed E-state index contributed by atoms with van der Waals surface area (Å²) in [5.74, 6) is 0.857. The number of benzene rings is 1. The van der Waals surface area contributed by atoms with Crippen LogP contribution in [0.4, 0.5) is 0 Å². The summed E-state index contributed by atoms with van der Waals surface area (Å²) in [6, 6.07) is 9.72. The van der Waals surface area contributed by atoms with Crippen molar-refractivity contribution in [3.8, 4) is 11.5 Å². The van der Waals surface area contributed by atoms with Gasteiger partial charge in [-0.25, -0.2) is 9.97 Å². The zero-order chi connectivity index (χ0) is 15.6. The normalized spacial score (nSPS) is 17.6. The molecule has 3 heterocycles. The van der Waals surface area contributed by atoms with Gasteiger partial charge in [0.1, 0.15) is 5.69 Å². The first kappa shape index (κ1) is 17.2. The molecule has 1 aromatic carbocycles. The van der Waals surface area contributed by atoms with Gasteiger partial charge in [-0.2, -0.15) is 0 Å². The van der Waals surface area contributed by atoms with Gasteiger partial charge in [0, 0.05) is 35.9 Å². The van der Waals surface area contributed by atoms with Crippen LogP contribution in [0.2, 0.25) is 5.02 Å². The van der Waals surface area contributed by atoms with E-state index in [-0.39, 0.29) is 18.5 Å². The highest BCUT2D eigenvalue weighted by Crippen LogP contribution is 2.22. The van der Waals surface area contributed by atoms with Crippen molar-refractivity contribution in [2.75, 3.05) is 19.7 Å². The van der Waals surface area contributed by atoms with Crippen LogP contribution in [0.25, 0.3) is 22.4 Å². The second kappa shape index (κ2) is 7.49. The number of rotatable bonds is 3. The maximum absolute atomic E-state index is 6.03. The van der Waals surface area contributed by atoms with E-state index in [9.17, 15) is 0 Å². The molecule has 0 amide bonds. The molecule has 0 aliphatic carbocycles. The molecule has 1 N–H and O–H groups in total. The molecule has 0 bridgehead atoms. The van der Waals surface area contributed by atoms with Gasteiger partial charge in [-0.05, 0) is 24.3 Å².